The molecular weight excluding hydrogens is 190 g/mol. The van der Waals surface area contributed by atoms with Crippen molar-refractivity contribution in [3.63, 3.8) is 0 Å². The van der Waals surface area contributed by atoms with Crippen LogP contribution in [-0.4, -0.2) is 21.6 Å². The minimum Gasteiger partial charge on any atom is -0.327 e. The first-order valence-electron chi connectivity index (χ1n) is 5.33. The second-order valence-electron chi connectivity index (χ2n) is 4.65. The third-order valence-corrected chi connectivity index (χ3v) is 3.52. The Morgan fingerprint density at radius 3 is 2.93 bits per heavy atom. The maximum atomic E-state index is 12.3. The van der Waals surface area contributed by atoms with Crippen LogP contribution in [0.1, 0.15) is 36.5 Å². The van der Waals surface area contributed by atoms with Crippen molar-refractivity contribution in [2.45, 2.75) is 32.2 Å². The molecule has 2 N–H and O–H groups in total. The molecule has 0 bridgehead atoms. The summed E-state index contributed by atoms with van der Waals surface area (Å²) >= 11 is 0. The fraction of sp³-hybridized carbons (Fsp3) is 0.636. The molecule has 0 radical (unpaired) electrons. The van der Waals surface area contributed by atoms with Crippen molar-refractivity contribution in [2.24, 2.45) is 18.2 Å². The van der Waals surface area contributed by atoms with Crippen LogP contribution in [0.25, 0.3) is 0 Å². The van der Waals surface area contributed by atoms with Gasteiger partial charge in [0.1, 0.15) is 0 Å². The smallest absolute Gasteiger partial charge is 0.173 e. The van der Waals surface area contributed by atoms with Crippen LogP contribution in [0.2, 0.25) is 0 Å². The summed E-state index contributed by atoms with van der Waals surface area (Å²) < 4.78 is 1.65. The van der Waals surface area contributed by atoms with E-state index in [9.17, 15) is 4.79 Å². The van der Waals surface area contributed by atoms with E-state index in [1.54, 1.807) is 17.1 Å². The highest BCUT2D eigenvalue weighted by Gasteiger charge is 2.43. The van der Waals surface area contributed by atoms with Gasteiger partial charge in [-0.3, -0.25) is 9.48 Å². The van der Waals surface area contributed by atoms with Crippen LogP contribution in [0.15, 0.2) is 12.4 Å². The molecule has 2 unspecified atom stereocenters. The Morgan fingerprint density at radius 1 is 1.73 bits per heavy atom. The van der Waals surface area contributed by atoms with Gasteiger partial charge in [-0.1, -0.05) is 13.3 Å². The predicted octanol–water partition coefficient (Wildman–Crippen LogP) is 1.12. The Kier molecular flexibility index (Phi) is 2.38. The molecule has 0 amide bonds. The minimum absolute atomic E-state index is 0.00907. The average Bonchev–Trinajstić information content (AvgIpc) is 2.75. The number of aryl methyl sites for hydroxylation is 1. The van der Waals surface area contributed by atoms with Gasteiger partial charge in [0, 0.05) is 24.7 Å². The Bertz CT molecular complexity index is 385. The molecule has 2 rings (SSSR count). The van der Waals surface area contributed by atoms with Gasteiger partial charge in [-0.2, -0.15) is 5.10 Å². The molecule has 0 aliphatic heterocycles. The van der Waals surface area contributed by atoms with E-state index in [0.29, 0.717) is 5.56 Å². The van der Waals surface area contributed by atoms with Crippen molar-refractivity contribution in [3.05, 3.63) is 18.0 Å². The van der Waals surface area contributed by atoms with E-state index in [1.165, 1.54) is 0 Å². The molecule has 15 heavy (non-hydrogen) atoms. The first-order chi connectivity index (χ1) is 7.04. The summed E-state index contributed by atoms with van der Waals surface area (Å²) in [5.41, 5.74) is 6.30. The molecule has 4 nitrogen and oxygen atoms in total. The van der Waals surface area contributed by atoms with Gasteiger partial charge in [0.25, 0.3) is 0 Å². The van der Waals surface area contributed by atoms with Gasteiger partial charge in [0.2, 0.25) is 0 Å². The summed E-state index contributed by atoms with van der Waals surface area (Å²) in [6.07, 6.45) is 6.27. The van der Waals surface area contributed by atoms with E-state index in [2.05, 4.69) is 5.10 Å². The lowest BCUT2D eigenvalue weighted by Crippen LogP contribution is -2.41. The summed E-state index contributed by atoms with van der Waals surface area (Å²) in [5, 5.41) is 4.02. The quantitative estimate of drug-likeness (QED) is 0.739. The summed E-state index contributed by atoms with van der Waals surface area (Å²) in [5.74, 6) is 0.139. The summed E-state index contributed by atoms with van der Waals surface area (Å²) in [6, 6.07) is -0.00907. The van der Waals surface area contributed by atoms with E-state index in [0.717, 1.165) is 19.3 Å². The summed E-state index contributed by atoms with van der Waals surface area (Å²) in [7, 11) is 1.81. The van der Waals surface area contributed by atoms with Gasteiger partial charge in [-0.25, -0.2) is 0 Å². The molecule has 1 aliphatic rings. The Morgan fingerprint density at radius 2 is 2.47 bits per heavy atom. The molecular formula is C11H17N3O. The lowest BCUT2D eigenvalue weighted by molar-refractivity contribution is 0.0802. The van der Waals surface area contributed by atoms with Crippen LogP contribution in [0, 0.1) is 5.41 Å². The molecule has 0 saturated heterocycles. The summed E-state index contributed by atoms with van der Waals surface area (Å²) in [4.78, 5) is 12.3. The van der Waals surface area contributed by atoms with E-state index < -0.39 is 0 Å². The monoisotopic (exact) mass is 207 g/mol. The highest BCUT2D eigenvalue weighted by molar-refractivity contribution is 6.00. The van der Waals surface area contributed by atoms with Crippen molar-refractivity contribution < 1.29 is 4.79 Å². The van der Waals surface area contributed by atoms with Crippen LogP contribution in [-0.2, 0) is 7.05 Å². The molecule has 4 heteroatoms. The standard InChI is InChI=1S/C11H17N3O/c1-11(5-3-4-9(11)12)10(15)8-6-13-14(2)7-8/h6-7,9H,3-5,12H2,1-2H3. The van der Waals surface area contributed by atoms with Crippen molar-refractivity contribution in [3.8, 4) is 0 Å². The topological polar surface area (TPSA) is 60.9 Å². The van der Waals surface area contributed by atoms with Gasteiger partial charge in [0.05, 0.1) is 11.8 Å². The molecule has 0 aromatic carbocycles. The SMILES string of the molecule is Cn1cc(C(=O)C2(C)CCCC2N)cn1. The number of hydrogen-bond acceptors (Lipinski definition) is 3. The van der Waals surface area contributed by atoms with E-state index in [4.69, 9.17) is 5.73 Å². The number of nitrogens with two attached hydrogens (primary N) is 1. The van der Waals surface area contributed by atoms with Crippen molar-refractivity contribution in [1.29, 1.82) is 0 Å². The van der Waals surface area contributed by atoms with Crippen LogP contribution in [0.4, 0.5) is 0 Å². The normalized spacial score (nSPS) is 30.7. The number of rotatable bonds is 2. The van der Waals surface area contributed by atoms with Crippen LogP contribution in [0.5, 0.6) is 0 Å². The molecule has 0 spiro atoms. The van der Waals surface area contributed by atoms with Crippen LogP contribution >= 0.6 is 0 Å². The number of nitrogens with zero attached hydrogens (tertiary/aromatic N) is 2. The maximum absolute atomic E-state index is 12.3. The van der Waals surface area contributed by atoms with E-state index in [-0.39, 0.29) is 17.2 Å². The van der Waals surface area contributed by atoms with Crippen molar-refractivity contribution in [2.75, 3.05) is 0 Å². The highest BCUT2D eigenvalue weighted by Crippen LogP contribution is 2.39. The number of ketones is 1. The van der Waals surface area contributed by atoms with Crippen molar-refractivity contribution in [1.82, 2.24) is 9.78 Å². The van der Waals surface area contributed by atoms with Crippen LogP contribution < -0.4 is 5.73 Å². The number of aromatic nitrogens is 2. The first-order valence-corrected chi connectivity index (χ1v) is 5.33. The molecule has 1 fully saturated rings. The third kappa shape index (κ3) is 1.59. The molecule has 1 heterocycles. The Labute approximate surface area is 89.5 Å². The van der Waals surface area contributed by atoms with Gasteiger partial charge in [-0.15, -0.1) is 0 Å². The molecule has 82 valence electrons. The largest absolute Gasteiger partial charge is 0.327 e. The first kappa shape index (κ1) is 10.4. The third-order valence-electron chi connectivity index (χ3n) is 3.52. The van der Waals surface area contributed by atoms with Gasteiger partial charge in [0.15, 0.2) is 5.78 Å². The molecule has 1 aromatic rings. The lowest BCUT2D eigenvalue weighted by atomic mass is 9.79. The molecule has 2 atom stereocenters. The van der Waals surface area contributed by atoms with E-state index in [1.807, 2.05) is 14.0 Å². The second kappa shape index (κ2) is 3.45. The zero-order valence-corrected chi connectivity index (χ0v) is 9.23. The fourth-order valence-corrected chi connectivity index (χ4v) is 2.34. The lowest BCUT2D eigenvalue weighted by Gasteiger charge is -2.26. The highest BCUT2D eigenvalue weighted by atomic mass is 16.1. The van der Waals surface area contributed by atoms with Gasteiger partial charge < -0.3 is 5.73 Å². The zero-order valence-electron chi connectivity index (χ0n) is 9.23. The minimum atomic E-state index is -0.386. The molecule has 1 saturated carbocycles. The van der Waals surface area contributed by atoms with Gasteiger partial charge >= 0.3 is 0 Å². The predicted molar refractivity (Wildman–Crippen MR) is 57.5 cm³/mol. The second-order valence-corrected chi connectivity index (χ2v) is 4.65. The van der Waals surface area contributed by atoms with Crippen molar-refractivity contribution >= 4 is 5.78 Å². The van der Waals surface area contributed by atoms with Gasteiger partial charge in [-0.05, 0) is 12.8 Å². The van der Waals surface area contributed by atoms with E-state index >= 15 is 0 Å². The average molecular weight is 207 g/mol. The number of carbonyl (C=O) groups is 1. The summed E-state index contributed by atoms with van der Waals surface area (Å²) in [6.45, 7) is 1.97. The number of hydrogen-bond donors (Lipinski definition) is 1. The molecule has 1 aliphatic carbocycles. The Balaban J connectivity index is 2.28. The fourth-order valence-electron chi connectivity index (χ4n) is 2.34. The number of Topliss-reactive ketones (excluding diaryl/α,β-unsaturated/α-hetero) is 1. The Hall–Kier alpha value is -1.16. The maximum Gasteiger partial charge on any atom is 0.173 e. The molecule has 1 aromatic heterocycles. The zero-order chi connectivity index (χ0) is 11.1. The van der Waals surface area contributed by atoms with Crippen LogP contribution in [0.3, 0.4) is 0 Å². The number of carbonyl (C=O) groups excluding carboxylic acids is 1.